The minimum absolute atomic E-state index is 0.220. The van der Waals surface area contributed by atoms with Gasteiger partial charge >= 0.3 is 0 Å². The maximum Gasteiger partial charge on any atom is 0.0795 e. The monoisotopic (exact) mass is 243 g/mol. The van der Waals surface area contributed by atoms with Crippen LogP contribution in [0, 0.1) is 5.92 Å². The summed E-state index contributed by atoms with van der Waals surface area (Å²) in [5, 5.41) is 3.78. The first-order valence-corrected chi connectivity index (χ1v) is 7.74. The van der Waals surface area contributed by atoms with E-state index in [0.717, 1.165) is 12.5 Å². The SMILES string of the molecule is CC(C)C(C)NC1CCOC2(CCSC2)C1. The Morgan fingerprint density at radius 2 is 2.19 bits per heavy atom. The second-order valence-electron chi connectivity index (χ2n) is 5.72. The summed E-state index contributed by atoms with van der Waals surface area (Å²) in [5.74, 6) is 3.21. The van der Waals surface area contributed by atoms with Crippen molar-refractivity contribution in [2.24, 2.45) is 5.92 Å². The molecule has 0 saturated carbocycles. The zero-order chi connectivity index (χ0) is 11.6. The van der Waals surface area contributed by atoms with E-state index in [1.807, 2.05) is 0 Å². The molecule has 16 heavy (non-hydrogen) atoms. The van der Waals surface area contributed by atoms with Crippen LogP contribution in [0.4, 0.5) is 0 Å². The van der Waals surface area contributed by atoms with Gasteiger partial charge in [0.15, 0.2) is 0 Å². The van der Waals surface area contributed by atoms with Crippen LogP contribution in [-0.2, 0) is 4.74 Å². The number of thioether (sulfide) groups is 1. The van der Waals surface area contributed by atoms with Crippen molar-refractivity contribution in [2.45, 2.75) is 57.7 Å². The maximum atomic E-state index is 6.04. The zero-order valence-corrected chi connectivity index (χ0v) is 11.6. The lowest BCUT2D eigenvalue weighted by molar-refractivity contribution is -0.0716. The van der Waals surface area contributed by atoms with Gasteiger partial charge in [0.25, 0.3) is 0 Å². The third-order valence-electron chi connectivity index (χ3n) is 4.06. The van der Waals surface area contributed by atoms with Crippen molar-refractivity contribution in [1.29, 1.82) is 0 Å². The highest BCUT2D eigenvalue weighted by atomic mass is 32.2. The van der Waals surface area contributed by atoms with Gasteiger partial charge in [-0.05, 0) is 37.9 Å². The number of rotatable bonds is 3. The molecule has 3 heteroatoms. The Morgan fingerprint density at radius 3 is 2.81 bits per heavy atom. The molecule has 94 valence electrons. The summed E-state index contributed by atoms with van der Waals surface area (Å²) in [7, 11) is 0. The van der Waals surface area contributed by atoms with E-state index >= 15 is 0 Å². The summed E-state index contributed by atoms with van der Waals surface area (Å²) >= 11 is 2.05. The molecule has 2 aliphatic heterocycles. The molecule has 0 amide bonds. The molecular weight excluding hydrogens is 218 g/mol. The first-order valence-electron chi connectivity index (χ1n) is 6.59. The molecule has 0 aromatic heterocycles. The van der Waals surface area contributed by atoms with E-state index in [0.29, 0.717) is 12.1 Å². The number of hydrogen-bond acceptors (Lipinski definition) is 3. The van der Waals surface area contributed by atoms with Gasteiger partial charge in [0.05, 0.1) is 5.60 Å². The molecule has 1 N–H and O–H groups in total. The van der Waals surface area contributed by atoms with E-state index in [9.17, 15) is 0 Å². The Hall–Kier alpha value is 0.270. The first-order chi connectivity index (χ1) is 7.61. The van der Waals surface area contributed by atoms with Crippen molar-refractivity contribution in [3.63, 3.8) is 0 Å². The Kier molecular flexibility index (Phi) is 4.20. The quantitative estimate of drug-likeness (QED) is 0.823. The van der Waals surface area contributed by atoms with Crippen molar-refractivity contribution in [1.82, 2.24) is 5.32 Å². The molecular formula is C13H25NOS. The molecule has 2 nitrogen and oxygen atoms in total. The Morgan fingerprint density at radius 1 is 1.38 bits per heavy atom. The van der Waals surface area contributed by atoms with Crippen molar-refractivity contribution in [3.05, 3.63) is 0 Å². The van der Waals surface area contributed by atoms with Crippen molar-refractivity contribution < 1.29 is 4.74 Å². The van der Waals surface area contributed by atoms with E-state index < -0.39 is 0 Å². The summed E-state index contributed by atoms with van der Waals surface area (Å²) in [6.45, 7) is 7.83. The second-order valence-corrected chi connectivity index (χ2v) is 6.83. The molecule has 0 aromatic rings. The van der Waals surface area contributed by atoms with Crippen LogP contribution in [0.25, 0.3) is 0 Å². The molecule has 2 rings (SSSR count). The molecule has 3 unspecified atom stereocenters. The topological polar surface area (TPSA) is 21.3 Å². The fourth-order valence-corrected chi connectivity index (χ4v) is 3.98. The second kappa shape index (κ2) is 5.28. The molecule has 2 fully saturated rings. The largest absolute Gasteiger partial charge is 0.374 e. The predicted molar refractivity (Wildman–Crippen MR) is 71.1 cm³/mol. The molecule has 2 heterocycles. The number of hydrogen-bond donors (Lipinski definition) is 1. The van der Waals surface area contributed by atoms with Gasteiger partial charge in [-0.1, -0.05) is 13.8 Å². The summed E-state index contributed by atoms with van der Waals surface area (Å²) in [4.78, 5) is 0. The third-order valence-corrected chi connectivity index (χ3v) is 5.28. The van der Waals surface area contributed by atoms with Crippen LogP contribution in [0.5, 0.6) is 0 Å². The Labute approximate surface area is 104 Å². The summed E-state index contributed by atoms with van der Waals surface area (Å²) in [6.07, 6.45) is 3.66. The van der Waals surface area contributed by atoms with Gasteiger partial charge in [0.2, 0.25) is 0 Å². The van der Waals surface area contributed by atoms with Gasteiger partial charge in [-0.3, -0.25) is 0 Å². The van der Waals surface area contributed by atoms with Crippen LogP contribution < -0.4 is 5.32 Å². The highest BCUT2D eigenvalue weighted by Gasteiger charge is 2.40. The average Bonchev–Trinajstić information content (AvgIpc) is 2.66. The van der Waals surface area contributed by atoms with Crippen LogP contribution in [-0.4, -0.2) is 35.8 Å². The smallest absolute Gasteiger partial charge is 0.0795 e. The van der Waals surface area contributed by atoms with Gasteiger partial charge in [-0.15, -0.1) is 0 Å². The number of ether oxygens (including phenoxy) is 1. The molecule has 3 atom stereocenters. The molecule has 0 aliphatic carbocycles. The molecule has 2 aliphatic rings. The molecule has 0 aromatic carbocycles. The lowest BCUT2D eigenvalue weighted by Crippen LogP contribution is -2.50. The van der Waals surface area contributed by atoms with Crippen LogP contribution in [0.15, 0.2) is 0 Å². The Bertz CT molecular complexity index is 226. The third kappa shape index (κ3) is 2.93. The van der Waals surface area contributed by atoms with Crippen molar-refractivity contribution in [2.75, 3.05) is 18.1 Å². The average molecular weight is 243 g/mol. The maximum absolute atomic E-state index is 6.04. The normalized spacial score (nSPS) is 37.1. The minimum Gasteiger partial charge on any atom is -0.374 e. The van der Waals surface area contributed by atoms with Gasteiger partial charge in [-0.2, -0.15) is 11.8 Å². The van der Waals surface area contributed by atoms with Crippen molar-refractivity contribution >= 4 is 11.8 Å². The predicted octanol–water partition coefficient (Wildman–Crippen LogP) is 2.68. The first kappa shape index (κ1) is 12.7. The zero-order valence-electron chi connectivity index (χ0n) is 10.8. The van der Waals surface area contributed by atoms with Crippen LogP contribution in [0.3, 0.4) is 0 Å². The van der Waals surface area contributed by atoms with Crippen LogP contribution in [0.1, 0.15) is 40.0 Å². The fraction of sp³-hybridized carbons (Fsp3) is 1.00. The number of nitrogens with one attached hydrogen (secondary N) is 1. The fourth-order valence-electron chi connectivity index (χ4n) is 2.60. The highest BCUT2D eigenvalue weighted by Crippen LogP contribution is 2.38. The van der Waals surface area contributed by atoms with Crippen LogP contribution in [0.2, 0.25) is 0 Å². The molecule has 2 saturated heterocycles. The van der Waals surface area contributed by atoms with E-state index in [1.54, 1.807) is 0 Å². The molecule has 0 bridgehead atoms. The minimum atomic E-state index is 0.220. The van der Waals surface area contributed by atoms with Gasteiger partial charge < -0.3 is 10.1 Å². The van der Waals surface area contributed by atoms with E-state index in [1.165, 1.54) is 30.8 Å². The standard InChI is InChI=1S/C13H25NOS/c1-10(2)11(3)14-12-4-6-15-13(8-12)5-7-16-9-13/h10-12,14H,4-9H2,1-3H3. The lowest BCUT2D eigenvalue weighted by Gasteiger charge is -2.39. The lowest BCUT2D eigenvalue weighted by atomic mass is 9.89. The van der Waals surface area contributed by atoms with Gasteiger partial charge in [0, 0.05) is 24.4 Å². The molecule has 0 radical (unpaired) electrons. The van der Waals surface area contributed by atoms with E-state index in [4.69, 9.17) is 4.74 Å². The highest BCUT2D eigenvalue weighted by molar-refractivity contribution is 7.99. The van der Waals surface area contributed by atoms with Crippen molar-refractivity contribution in [3.8, 4) is 0 Å². The summed E-state index contributed by atoms with van der Waals surface area (Å²) in [5.41, 5.74) is 0.220. The molecule has 1 spiro atoms. The van der Waals surface area contributed by atoms with Gasteiger partial charge in [0.1, 0.15) is 0 Å². The van der Waals surface area contributed by atoms with Crippen LogP contribution >= 0.6 is 11.8 Å². The Balaban J connectivity index is 1.87. The summed E-state index contributed by atoms with van der Waals surface area (Å²) < 4.78 is 6.04. The van der Waals surface area contributed by atoms with Gasteiger partial charge in [-0.25, -0.2) is 0 Å². The summed E-state index contributed by atoms with van der Waals surface area (Å²) in [6, 6.07) is 1.29. The van der Waals surface area contributed by atoms with E-state index in [2.05, 4.69) is 37.8 Å². The van der Waals surface area contributed by atoms with E-state index in [-0.39, 0.29) is 5.60 Å².